The summed E-state index contributed by atoms with van der Waals surface area (Å²) < 4.78 is 188. The van der Waals surface area contributed by atoms with Crippen LogP contribution in [0.4, 0.5) is 0 Å². The van der Waals surface area contributed by atoms with Gasteiger partial charge >= 0.3 is 289 Å². The van der Waals surface area contributed by atoms with Crippen LogP contribution >= 0.6 is 117 Å². The van der Waals surface area contributed by atoms with Gasteiger partial charge in [-0.15, -0.1) is 0 Å². The minimum Gasteiger partial charge on any atom is -0.790 e. The van der Waals surface area contributed by atoms with E-state index in [1.54, 1.807) is 0 Å². The summed E-state index contributed by atoms with van der Waals surface area (Å²) in [5.41, 5.74) is 0. The van der Waals surface area contributed by atoms with Crippen molar-refractivity contribution in [2.24, 2.45) is 0 Å². The SMILES string of the molecule is O=P([O-])([O-])OP(=O)([O-])OP(=O)([O-])OP(=O)([O-])OP(=O)([O-])[O-].O=P([O-])([O-])OP(=O)([O-])OP(=O)([O-])OP(=O)([O-])OP(=O)([O-])[O-].O=P([O-])([O-])OP(=O)([O-])OP(=O)([O-])OP(=O)([O-])OP(=O)([O-])[O-].[Pr+3].[Pr+3].[Pr+3].[Pr+3].[Pr+3].[Pr+3].[Pr+3]. The predicted molar refractivity (Wildman–Crippen MR) is 127 cm³/mol. The van der Waals surface area contributed by atoms with E-state index in [1.807, 2.05) is 0 Å². The van der Waals surface area contributed by atoms with Gasteiger partial charge in [-0.2, -0.15) is 0 Å². The maximum Gasteiger partial charge on any atom is 3.00 e. The molecule has 6 unspecified atom stereocenters. The Hall–Kier alpha value is 11.7. The van der Waals surface area contributed by atoms with Crippen LogP contribution in [0.3, 0.4) is 0 Å². The maximum atomic E-state index is 10.7. The summed E-state index contributed by atoms with van der Waals surface area (Å²) in [6.45, 7) is 0. The fourth-order valence-electron chi connectivity index (χ4n) is 1.60. The molecule has 0 spiro atoms. The summed E-state index contributed by atoms with van der Waals surface area (Å²) in [5, 5.41) is 0. The molecule has 0 aliphatic carbocycles. The molecule has 0 rings (SSSR count). The second-order valence-electron chi connectivity index (χ2n) is 7.69. The van der Waals surface area contributed by atoms with Gasteiger partial charge in [-0.25, -0.2) is 25.9 Å². The summed E-state index contributed by atoms with van der Waals surface area (Å²) in [6.07, 6.45) is 0. The van der Waals surface area contributed by atoms with Gasteiger partial charge < -0.3 is 130 Å². The van der Waals surface area contributed by atoms with E-state index in [2.05, 4.69) is 51.7 Å². The average Bonchev–Trinajstić information content (AvgIpc) is 2.68. The molecular weight excluding hydrogens is 2220 g/mol. The molecule has 0 aromatic heterocycles. The molecule has 0 bridgehead atoms. The largest absolute Gasteiger partial charge is 3.00 e. The molecule has 384 valence electrons. The van der Waals surface area contributed by atoms with Gasteiger partial charge in [0.15, 0.2) is 0 Å². The quantitative estimate of drug-likeness (QED) is 0.0810. The summed E-state index contributed by atoms with van der Waals surface area (Å²) in [6, 6.07) is 0. The van der Waals surface area contributed by atoms with Gasteiger partial charge in [-0.1, -0.05) is 0 Å². The molecule has 0 aromatic carbocycles. The standard InChI is InChI=1S/3H7O16P5.7Pr/c3*1-17(2,3)13-19(7,8)15-21(11,12)16-20(9,10)14-18(4,5)6;;;;;;;/h3*(H,7,8)(H,9,10)(H,11,12)(H2,1,2,3)(H2,4,5,6);;;;;;;/q;;;7*+3/p-21. The summed E-state index contributed by atoms with van der Waals surface area (Å²) >= 11 is 0. The van der Waals surface area contributed by atoms with E-state index >= 15 is 0 Å². The van der Waals surface area contributed by atoms with Gasteiger partial charge in [0, 0.05) is 0 Å². The Bertz CT molecular complexity index is 1930. The van der Waals surface area contributed by atoms with E-state index in [9.17, 15) is 171 Å². The third kappa shape index (κ3) is 70.4. The van der Waals surface area contributed by atoms with E-state index < -0.39 is 117 Å². The minimum atomic E-state index is -6.56. The van der Waals surface area contributed by atoms with Crippen molar-refractivity contribution in [3.63, 3.8) is 0 Å². The smallest absolute Gasteiger partial charge is 0.790 e. The molecule has 70 heteroatoms. The van der Waals surface area contributed by atoms with Crippen LogP contribution in [0.15, 0.2) is 0 Å². The van der Waals surface area contributed by atoms with Crippen LogP contribution in [0.2, 0.25) is 0 Å². The molecule has 70 heavy (non-hydrogen) atoms. The van der Waals surface area contributed by atoms with Gasteiger partial charge in [0.1, 0.15) is 0 Å². The molecule has 48 nitrogen and oxygen atoms in total. The fraction of sp³-hybridized carbons (Fsp3) is 0. The summed E-state index contributed by atoms with van der Waals surface area (Å²) in [4.78, 5) is 215. The number of hydrogen-bond acceptors (Lipinski definition) is 48. The molecule has 0 saturated carbocycles. The first-order valence-corrected chi connectivity index (χ1v) is 32.9. The molecule has 0 fully saturated rings. The van der Waals surface area contributed by atoms with Crippen molar-refractivity contribution in [1.82, 2.24) is 0 Å². The monoisotopic (exact) mass is 2220 g/mol. The first-order valence-electron chi connectivity index (χ1n) is 11.0. The van der Waals surface area contributed by atoms with E-state index in [-0.39, 0.29) is 289 Å². The Morgan fingerprint density at radius 2 is 0.200 bits per heavy atom. The van der Waals surface area contributed by atoms with Gasteiger partial charge in [-0.3, -0.25) is 66.9 Å². The van der Waals surface area contributed by atoms with E-state index in [1.165, 1.54) is 0 Å². The molecule has 0 aliphatic rings. The second-order valence-corrected chi connectivity index (χ2v) is 28.9. The molecule has 6 atom stereocenters. The van der Waals surface area contributed by atoms with Crippen molar-refractivity contribution in [2.45, 2.75) is 0 Å². The zero-order valence-corrected chi connectivity index (χ0v) is 69.7. The Morgan fingerprint density at radius 1 is 0.143 bits per heavy atom. The van der Waals surface area contributed by atoms with Crippen LogP contribution in [0, 0.1) is 289 Å². The Labute approximate surface area is 616 Å². The molecule has 0 aromatic rings. The molecule has 0 amide bonds. The van der Waals surface area contributed by atoms with Gasteiger partial charge in [0.2, 0.25) is 0 Å². The molecular formula is O48P15Pr7. The van der Waals surface area contributed by atoms with Crippen molar-refractivity contribution in [1.29, 1.82) is 0 Å². The van der Waals surface area contributed by atoms with Crippen molar-refractivity contribution in [2.75, 3.05) is 0 Å². The molecule has 0 aliphatic heterocycles. The zero-order chi connectivity index (χ0) is 52.0. The van der Waals surface area contributed by atoms with E-state index in [4.69, 9.17) is 0 Å². The Morgan fingerprint density at radius 3 is 0.257 bits per heavy atom. The number of phosphoric acid groups is 15. The first-order chi connectivity index (χ1) is 26.5. The van der Waals surface area contributed by atoms with E-state index in [0.717, 1.165) is 0 Å². The minimum absolute atomic E-state index is 0. The van der Waals surface area contributed by atoms with Gasteiger partial charge in [-0.05, 0) is 0 Å². The summed E-state index contributed by atoms with van der Waals surface area (Å²) in [7, 11) is -96.2. The second kappa shape index (κ2) is 39.6. The molecule has 0 N–H and O–H groups in total. The van der Waals surface area contributed by atoms with Crippen molar-refractivity contribution in [3.05, 3.63) is 0 Å². The van der Waals surface area contributed by atoms with Crippen molar-refractivity contribution < 1.29 is 512 Å². The van der Waals surface area contributed by atoms with Crippen molar-refractivity contribution in [3.8, 4) is 0 Å². The van der Waals surface area contributed by atoms with Gasteiger partial charge in [0.05, 0.1) is 46.9 Å². The Kier molecular flexibility index (Phi) is 58.6. The maximum absolute atomic E-state index is 10.7. The van der Waals surface area contributed by atoms with E-state index in [0.29, 0.717) is 0 Å². The summed E-state index contributed by atoms with van der Waals surface area (Å²) in [5.74, 6) is 0. The van der Waals surface area contributed by atoms with Crippen LogP contribution in [-0.4, -0.2) is 0 Å². The van der Waals surface area contributed by atoms with Gasteiger partial charge in [0.25, 0.3) is 70.4 Å². The zero-order valence-electron chi connectivity index (χ0n) is 30.3. The molecule has 0 saturated heterocycles. The normalized spacial score (nSPS) is 19.8. The predicted octanol–water partition coefficient (Wildman–Crippen LogP) is -14.7. The topological polar surface area (TPSA) is 851 Å². The van der Waals surface area contributed by atoms with Crippen LogP contribution < -0.4 is 103 Å². The first kappa shape index (κ1) is 103. The number of rotatable bonds is 24. The van der Waals surface area contributed by atoms with Crippen LogP contribution in [-0.2, 0) is 120 Å². The van der Waals surface area contributed by atoms with Crippen LogP contribution in [0.25, 0.3) is 0 Å². The van der Waals surface area contributed by atoms with Crippen molar-refractivity contribution >= 4 is 117 Å². The van der Waals surface area contributed by atoms with Crippen LogP contribution in [0.5, 0.6) is 0 Å². The third-order valence-corrected chi connectivity index (χ3v) is 21.6. The fourth-order valence-corrected chi connectivity index (χ4v) is 16.8. The average molecular weight is 2220 g/mol. The molecule has 0 radical (unpaired) electrons. The van der Waals surface area contributed by atoms with Crippen LogP contribution in [0.1, 0.15) is 0 Å². The number of hydrogen-bond donors (Lipinski definition) is 0. The Balaban J connectivity index is -0.0000000918. The third-order valence-electron chi connectivity index (χ3n) is 2.40. The molecule has 0 heterocycles.